The Morgan fingerprint density at radius 2 is 2.06 bits per heavy atom. The summed E-state index contributed by atoms with van der Waals surface area (Å²) in [7, 11) is 0. The van der Waals surface area contributed by atoms with Crippen LogP contribution >= 0.6 is 22.6 Å². The Kier molecular flexibility index (Phi) is 3.84. The first kappa shape index (κ1) is 12.4. The first-order valence-electron chi connectivity index (χ1n) is 6.68. The van der Waals surface area contributed by atoms with Crippen molar-refractivity contribution in [1.29, 1.82) is 0 Å². The molecular weight excluding hydrogens is 337 g/mol. The Morgan fingerprint density at radius 3 is 2.89 bits per heavy atom. The highest BCUT2D eigenvalue weighted by molar-refractivity contribution is 14.1. The number of benzene rings is 1. The van der Waals surface area contributed by atoms with Gasteiger partial charge in [0.05, 0.1) is 5.52 Å². The van der Waals surface area contributed by atoms with E-state index in [0.29, 0.717) is 0 Å². The van der Waals surface area contributed by atoms with E-state index in [4.69, 9.17) is 0 Å². The topological polar surface area (TPSA) is 31.9 Å². The maximum absolute atomic E-state index is 4.33. The fourth-order valence-corrected chi connectivity index (χ4v) is 3.51. The van der Waals surface area contributed by atoms with Gasteiger partial charge in [-0.15, -0.1) is 0 Å². The third-order valence-electron chi connectivity index (χ3n) is 3.77. The number of aromatic nitrogens is 2. The van der Waals surface area contributed by atoms with Crippen molar-refractivity contribution in [3.05, 3.63) is 27.5 Å². The minimum absolute atomic E-state index is 1.09. The molecule has 1 aliphatic heterocycles. The van der Waals surface area contributed by atoms with Crippen LogP contribution in [0.2, 0.25) is 0 Å². The Bertz CT molecular complexity index is 529. The monoisotopic (exact) mass is 355 g/mol. The van der Waals surface area contributed by atoms with Crippen molar-refractivity contribution >= 4 is 33.5 Å². The summed E-state index contributed by atoms with van der Waals surface area (Å²) in [5, 5.41) is 8.72. The van der Waals surface area contributed by atoms with Crippen LogP contribution in [0.4, 0.5) is 0 Å². The number of fused-ring (bicyclic) bond motifs is 1. The molecule has 0 spiro atoms. The molecule has 1 saturated heterocycles. The van der Waals surface area contributed by atoms with E-state index in [1.54, 1.807) is 0 Å². The molecule has 2 aromatic rings. The maximum atomic E-state index is 4.33. The van der Waals surface area contributed by atoms with Gasteiger partial charge in [0.25, 0.3) is 0 Å². The fourth-order valence-electron chi connectivity index (χ4n) is 2.77. The van der Waals surface area contributed by atoms with Crippen LogP contribution in [0.25, 0.3) is 10.9 Å². The number of likely N-dealkylation sites (tertiary alicyclic amines) is 1. The van der Waals surface area contributed by atoms with E-state index in [2.05, 4.69) is 55.9 Å². The second-order valence-electron chi connectivity index (χ2n) is 5.00. The van der Waals surface area contributed by atoms with Crippen molar-refractivity contribution in [1.82, 2.24) is 15.1 Å². The van der Waals surface area contributed by atoms with Crippen LogP contribution in [-0.4, -0.2) is 34.7 Å². The smallest absolute Gasteiger partial charge is 0.104 e. The minimum atomic E-state index is 1.09. The van der Waals surface area contributed by atoms with Crippen LogP contribution in [0.1, 0.15) is 24.8 Å². The summed E-state index contributed by atoms with van der Waals surface area (Å²) < 4.78 is 1.16. The summed E-state index contributed by atoms with van der Waals surface area (Å²) in [4.78, 5) is 2.59. The number of halogens is 1. The maximum Gasteiger partial charge on any atom is 0.104 e. The van der Waals surface area contributed by atoms with Gasteiger partial charge in [-0.25, -0.2) is 0 Å². The fraction of sp³-hybridized carbons (Fsp3) is 0.500. The quantitative estimate of drug-likeness (QED) is 0.858. The predicted molar refractivity (Wildman–Crippen MR) is 82.8 cm³/mol. The second-order valence-corrected chi connectivity index (χ2v) is 6.08. The Hall–Kier alpha value is -0.620. The molecule has 0 saturated carbocycles. The van der Waals surface area contributed by atoms with E-state index in [-0.39, 0.29) is 0 Å². The molecule has 3 nitrogen and oxygen atoms in total. The van der Waals surface area contributed by atoms with E-state index in [9.17, 15) is 0 Å². The summed E-state index contributed by atoms with van der Waals surface area (Å²) >= 11 is 2.34. The lowest BCUT2D eigenvalue weighted by molar-refractivity contribution is 0.231. The van der Waals surface area contributed by atoms with Crippen molar-refractivity contribution in [2.24, 2.45) is 0 Å². The predicted octanol–water partition coefficient (Wildman–Crippen LogP) is 3.20. The van der Waals surface area contributed by atoms with Crippen molar-refractivity contribution < 1.29 is 0 Å². The molecule has 0 radical (unpaired) electrons. The summed E-state index contributed by atoms with van der Waals surface area (Å²) in [5.74, 6) is 0. The van der Waals surface area contributed by atoms with Gasteiger partial charge in [-0.1, -0.05) is 18.6 Å². The number of rotatable bonds is 3. The zero-order chi connectivity index (χ0) is 12.4. The molecule has 18 heavy (non-hydrogen) atoms. The molecule has 0 unspecified atom stereocenters. The zero-order valence-electron chi connectivity index (χ0n) is 10.5. The normalized spacial score (nSPS) is 17.4. The van der Waals surface area contributed by atoms with Crippen LogP contribution in [0.3, 0.4) is 0 Å². The van der Waals surface area contributed by atoms with E-state index >= 15 is 0 Å². The highest BCUT2D eigenvalue weighted by atomic mass is 127. The van der Waals surface area contributed by atoms with Gasteiger partial charge in [-0.05, 0) is 66.6 Å². The number of piperidine rings is 1. The molecule has 1 aromatic heterocycles. The van der Waals surface area contributed by atoms with Crippen molar-refractivity contribution in [3.8, 4) is 0 Å². The van der Waals surface area contributed by atoms with Gasteiger partial charge in [-0.2, -0.15) is 5.10 Å². The molecule has 3 rings (SSSR count). The average molecular weight is 355 g/mol. The van der Waals surface area contributed by atoms with E-state index in [0.717, 1.165) is 15.6 Å². The lowest BCUT2D eigenvalue weighted by atomic mass is 10.1. The van der Waals surface area contributed by atoms with Crippen molar-refractivity contribution in [2.75, 3.05) is 19.6 Å². The lowest BCUT2D eigenvalue weighted by Gasteiger charge is -2.26. The van der Waals surface area contributed by atoms with Gasteiger partial charge in [0.2, 0.25) is 0 Å². The lowest BCUT2D eigenvalue weighted by Crippen LogP contribution is -2.31. The van der Waals surface area contributed by atoms with Gasteiger partial charge in [-0.3, -0.25) is 5.10 Å². The molecule has 1 aliphatic rings. The summed E-state index contributed by atoms with van der Waals surface area (Å²) in [6, 6.07) is 6.44. The van der Waals surface area contributed by atoms with Crippen molar-refractivity contribution in [3.63, 3.8) is 0 Å². The van der Waals surface area contributed by atoms with Gasteiger partial charge in [0.1, 0.15) is 3.70 Å². The molecule has 1 N–H and O–H groups in total. The number of nitrogens with zero attached hydrogens (tertiary/aromatic N) is 2. The second kappa shape index (κ2) is 5.57. The van der Waals surface area contributed by atoms with Gasteiger partial charge >= 0.3 is 0 Å². The van der Waals surface area contributed by atoms with Gasteiger partial charge in [0.15, 0.2) is 0 Å². The largest absolute Gasteiger partial charge is 0.303 e. The van der Waals surface area contributed by atoms with Crippen LogP contribution in [-0.2, 0) is 6.42 Å². The third-order valence-corrected chi connectivity index (χ3v) is 4.55. The van der Waals surface area contributed by atoms with Crippen LogP contribution < -0.4 is 0 Å². The molecule has 0 amide bonds. The number of H-pyrrole nitrogens is 1. The summed E-state index contributed by atoms with van der Waals surface area (Å²) in [6.07, 6.45) is 5.28. The first-order chi connectivity index (χ1) is 8.84. The molecule has 1 aromatic carbocycles. The van der Waals surface area contributed by atoms with E-state index < -0.39 is 0 Å². The minimum Gasteiger partial charge on any atom is -0.303 e. The standard InChI is InChI=1S/C14H18IN3/c15-14-13-11(5-4-6-12(13)16-17-14)7-10-18-8-2-1-3-9-18/h4-6H,1-3,7-10H2,(H,16,17). The molecule has 1 fully saturated rings. The summed E-state index contributed by atoms with van der Waals surface area (Å²) in [6.45, 7) is 3.73. The average Bonchev–Trinajstić information content (AvgIpc) is 2.80. The molecule has 0 aliphatic carbocycles. The van der Waals surface area contributed by atoms with Gasteiger partial charge < -0.3 is 4.90 Å². The Labute approximate surface area is 121 Å². The van der Waals surface area contributed by atoms with Crippen LogP contribution in [0.5, 0.6) is 0 Å². The number of nitrogens with one attached hydrogen (secondary N) is 1. The third kappa shape index (κ3) is 2.54. The number of hydrogen-bond donors (Lipinski definition) is 1. The van der Waals surface area contributed by atoms with E-state index in [1.165, 1.54) is 49.8 Å². The molecule has 0 bridgehead atoms. The molecule has 0 atom stereocenters. The molecule has 4 heteroatoms. The highest BCUT2D eigenvalue weighted by Gasteiger charge is 2.12. The Morgan fingerprint density at radius 1 is 1.22 bits per heavy atom. The summed E-state index contributed by atoms with van der Waals surface area (Å²) in [5.41, 5.74) is 2.52. The van der Waals surface area contributed by atoms with Gasteiger partial charge in [0, 0.05) is 11.9 Å². The van der Waals surface area contributed by atoms with Crippen molar-refractivity contribution in [2.45, 2.75) is 25.7 Å². The molecule has 96 valence electrons. The molecule has 2 heterocycles. The number of hydrogen-bond acceptors (Lipinski definition) is 2. The number of aromatic amines is 1. The highest BCUT2D eigenvalue weighted by Crippen LogP contribution is 2.23. The molecular formula is C14H18IN3. The first-order valence-corrected chi connectivity index (χ1v) is 7.76. The zero-order valence-corrected chi connectivity index (χ0v) is 12.6. The van der Waals surface area contributed by atoms with Crippen LogP contribution in [0, 0.1) is 3.70 Å². The van der Waals surface area contributed by atoms with Crippen LogP contribution in [0.15, 0.2) is 18.2 Å². The SMILES string of the molecule is Ic1[nH]nc2cccc(CCN3CCCCC3)c12. The van der Waals surface area contributed by atoms with E-state index in [1.807, 2.05) is 0 Å². The Balaban J connectivity index is 1.75.